The summed E-state index contributed by atoms with van der Waals surface area (Å²) in [7, 11) is 0. The Morgan fingerprint density at radius 1 is 1.25 bits per heavy atom. The molecule has 0 heterocycles. The number of anilines is 1. The number of nitrogens with one attached hydrogen (secondary N) is 1. The smallest absolute Gasteiger partial charge is 0.315 e. The maximum Gasteiger partial charge on any atom is 0.315 e. The quantitative estimate of drug-likeness (QED) is 0.786. The number of ether oxygens (including phenoxy) is 1. The molecule has 0 bridgehead atoms. The van der Waals surface area contributed by atoms with E-state index in [0.717, 1.165) is 11.3 Å². The normalized spacial score (nSPS) is 10.4. The SMILES string of the molecule is CCOC(=O)CSCC(=O)Nc1ccccc1C(C)C. The maximum absolute atomic E-state index is 11.8. The van der Waals surface area contributed by atoms with Crippen LogP contribution in [0.3, 0.4) is 0 Å². The molecule has 0 aliphatic carbocycles. The van der Waals surface area contributed by atoms with Gasteiger partial charge in [-0.1, -0.05) is 32.0 Å². The summed E-state index contributed by atoms with van der Waals surface area (Å²) in [6, 6.07) is 7.75. The van der Waals surface area contributed by atoms with Crippen LogP contribution in [0.25, 0.3) is 0 Å². The number of carbonyl (C=O) groups is 2. The Morgan fingerprint density at radius 2 is 1.95 bits per heavy atom. The summed E-state index contributed by atoms with van der Waals surface area (Å²) in [4.78, 5) is 23.0. The summed E-state index contributed by atoms with van der Waals surface area (Å²) in [5.74, 6) is 0.400. The van der Waals surface area contributed by atoms with E-state index in [4.69, 9.17) is 4.74 Å². The molecule has 0 aliphatic heterocycles. The predicted molar refractivity (Wildman–Crippen MR) is 83.1 cm³/mol. The fourth-order valence-electron chi connectivity index (χ4n) is 1.73. The van der Waals surface area contributed by atoms with Gasteiger partial charge in [-0.2, -0.15) is 0 Å². The number of hydrogen-bond acceptors (Lipinski definition) is 4. The third-order valence-corrected chi connectivity index (χ3v) is 3.52. The highest BCUT2D eigenvalue weighted by Gasteiger charge is 2.10. The molecule has 1 aromatic carbocycles. The summed E-state index contributed by atoms with van der Waals surface area (Å²) in [6.45, 7) is 6.30. The fourth-order valence-corrected chi connectivity index (χ4v) is 2.34. The molecule has 1 amide bonds. The molecule has 110 valence electrons. The van der Waals surface area contributed by atoms with Gasteiger partial charge in [-0.15, -0.1) is 11.8 Å². The number of rotatable bonds is 7. The van der Waals surface area contributed by atoms with Crippen molar-refractivity contribution in [3.8, 4) is 0 Å². The molecule has 0 unspecified atom stereocenters. The van der Waals surface area contributed by atoms with E-state index in [1.807, 2.05) is 24.3 Å². The Labute approximate surface area is 124 Å². The molecule has 4 nitrogen and oxygen atoms in total. The van der Waals surface area contributed by atoms with Crippen LogP contribution in [-0.2, 0) is 14.3 Å². The zero-order valence-electron chi connectivity index (χ0n) is 12.1. The third-order valence-electron chi connectivity index (χ3n) is 2.62. The number of esters is 1. The maximum atomic E-state index is 11.8. The van der Waals surface area contributed by atoms with Crippen LogP contribution in [0.1, 0.15) is 32.3 Å². The van der Waals surface area contributed by atoms with Crippen LogP contribution in [0.2, 0.25) is 0 Å². The lowest BCUT2D eigenvalue weighted by atomic mass is 10.0. The van der Waals surface area contributed by atoms with Gasteiger partial charge in [0.15, 0.2) is 0 Å². The average molecular weight is 295 g/mol. The number of benzene rings is 1. The highest BCUT2D eigenvalue weighted by Crippen LogP contribution is 2.23. The van der Waals surface area contributed by atoms with Crippen LogP contribution in [0.4, 0.5) is 5.69 Å². The minimum atomic E-state index is -0.284. The number of para-hydroxylation sites is 1. The molecule has 0 atom stereocenters. The Bertz CT molecular complexity index is 460. The molecule has 20 heavy (non-hydrogen) atoms. The Balaban J connectivity index is 2.45. The lowest BCUT2D eigenvalue weighted by Crippen LogP contribution is -2.17. The second-order valence-electron chi connectivity index (χ2n) is 4.59. The van der Waals surface area contributed by atoms with Crippen LogP contribution in [-0.4, -0.2) is 30.0 Å². The topological polar surface area (TPSA) is 55.4 Å². The van der Waals surface area contributed by atoms with E-state index in [1.54, 1.807) is 6.92 Å². The van der Waals surface area contributed by atoms with Gasteiger partial charge < -0.3 is 10.1 Å². The lowest BCUT2D eigenvalue weighted by Gasteiger charge is -2.13. The second-order valence-corrected chi connectivity index (χ2v) is 5.57. The van der Waals surface area contributed by atoms with Gasteiger partial charge in [-0.3, -0.25) is 9.59 Å². The van der Waals surface area contributed by atoms with Crippen LogP contribution in [0.15, 0.2) is 24.3 Å². The summed E-state index contributed by atoms with van der Waals surface area (Å²) >= 11 is 1.26. The van der Waals surface area contributed by atoms with E-state index in [1.165, 1.54) is 11.8 Å². The Kier molecular flexibility index (Phi) is 7.15. The van der Waals surface area contributed by atoms with Crippen molar-refractivity contribution in [1.82, 2.24) is 0 Å². The third kappa shape index (κ3) is 5.65. The van der Waals surface area contributed by atoms with Gasteiger partial charge in [0, 0.05) is 5.69 Å². The highest BCUT2D eigenvalue weighted by molar-refractivity contribution is 8.00. The minimum Gasteiger partial charge on any atom is -0.465 e. The van der Waals surface area contributed by atoms with Gasteiger partial charge >= 0.3 is 5.97 Å². The molecule has 1 aromatic rings. The van der Waals surface area contributed by atoms with Crippen LogP contribution in [0.5, 0.6) is 0 Å². The largest absolute Gasteiger partial charge is 0.465 e. The van der Waals surface area contributed by atoms with Crippen molar-refractivity contribution < 1.29 is 14.3 Å². The highest BCUT2D eigenvalue weighted by atomic mass is 32.2. The summed E-state index contributed by atoms with van der Waals surface area (Å²) in [5, 5.41) is 2.89. The predicted octanol–water partition coefficient (Wildman–Crippen LogP) is 3.04. The summed E-state index contributed by atoms with van der Waals surface area (Å²) in [5.41, 5.74) is 1.94. The standard InChI is InChI=1S/C15H21NO3S/c1-4-19-15(18)10-20-9-14(17)16-13-8-6-5-7-12(13)11(2)3/h5-8,11H,4,9-10H2,1-3H3,(H,16,17). The molecule has 0 aromatic heterocycles. The first-order valence-electron chi connectivity index (χ1n) is 6.66. The summed E-state index contributed by atoms with van der Waals surface area (Å²) < 4.78 is 4.80. The Hall–Kier alpha value is -1.49. The van der Waals surface area contributed by atoms with E-state index >= 15 is 0 Å². The number of amides is 1. The zero-order valence-corrected chi connectivity index (χ0v) is 13.0. The van der Waals surface area contributed by atoms with Crippen molar-refractivity contribution >= 4 is 29.3 Å². The molecule has 0 saturated carbocycles. The van der Waals surface area contributed by atoms with Crippen molar-refractivity contribution in [3.63, 3.8) is 0 Å². The van der Waals surface area contributed by atoms with Crippen LogP contribution >= 0.6 is 11.8 Å². The zero-order chi connectivity index (χ0) is 15.0. The minimum absolute atomic E-state index is 0.104. The molecule has 0 radical (unpaired) electrons. The van der Waals surface area contributed by atoms with E-state index < -0.39 is 0 Å². The molecule has 0 fully saturated rings. The van der Waals surface area contributed by atoms with Crippen LogP contribution in [0, 0.1) is 0 Å². The Morgan fingerprint density at radius 3 is 2.60 bits per heavy atom. The number of carbonyl (C=O) groups excluding carboxylic acids is 2. The first-order valence-corrected chi connectivity index (χ1v) is 7.82. The molecular formula is C15H21NO3S. The van der Waals surface area contributed by atoms with Crippen molar-refractivity contribution in [2.24, 2.45) is 0 Å². The van der Waals surface area contributed by atoms with Gasteiger partial charge in [-0.25, -0.2) is 0 Å². The lowest BCUT2D eigenvalue weighted by molar-refractivity contribution is -0.139. The van der Waals surface area contributed by atoms with Gasteiger partial charge in [0.2, 0.25) is 5.91 Å². The summed E-state index contributed by atoms with van der Waals surface area (Å²) in [6.07, 6.45) is 0. The number of hydrogen-bond donors (Lipinski definition) is 1. The molecule has 1 rings (SSSR count). The van der Waals surface area contributed by atoms with E-state index in [0.29, 0.717) is 12.5 Å². The molecule has 0 spiro atoms. The number of thioether (sulfide) groups is 1. The van der Waals surface area contributed by atoms with Crippen molar-refractivity contribution in [2.75, 3.05) is 23.4 Å². The molecule has 0 aliphatic rings. The van der Waals surface area contributed by atoms with E-state index in [-0.39, 0.29) is 23.4 Å². The molecular weight excluding hydrogens is 274 g/mol. The van der Waals surface area contributed by atoms with Gasteiger partial charge in [-0.05, 0) is 24.5 Å². The fraction of sp³-hybridized carbons (Fsp3) is 0.467. The van der Waals surface area contributed by atoms with Crippen molar-refractivity contribution in [1.29, 1.82) is 0 Å². The van der Waals surface area contributed by atoms with Crippen molar-refractivity contribution in [2.45, 2.75) is 26.7 Å². The van der Waals surface area contributed by atoms with E-state index in [9.17, 15) is 9.59 Å². The molecule has 0 saturated heterocycles. The monoisotopic (exact) mass is 295 g/mol. The van der Waals surface area contributed by atoms with Gasteiger partial charge in [0.05, 0.1) is 18.1 Å². The first kappa shape index (κ1) is 16.6. The molecule has 5 heteroatoms. The van der Waals surface area contributed by atoms with Crippen LogP contribution < -0.4 is 5.32 Å². The van der Waals surface area contributed by atoms with Gasteiger partial charge in [0.1, 0.15) is 0 Å². The van der Waals surface area contributed by atoms with Gasteiger partial charge in [0.25, 0.3) is 0 Å². The first-order chi connectivity index (χ1) is 9.54. The van der Waals surface area contributed by atoms with Crippen molar-refractivity contribution in [3.05, 3.63) is 29.8 Å². The van der Waals surface area contributed by atoms with E-state index in [2.05, 4.69) is 19.2 Å². The second kappa shape index (κ2) is 8.64. The average Bonchev–Trinajstić information content (AvgIpc) is 2.39. The molecule has 1 N–H and O–H groups in total.